The predicted molar refractivity (Wildman–Crippen MR) is 182 cm³/mol. The average molecular weight is 663 g/mol. The molecule has 0 saturated heterocycles. The molecule has 0 N–H and O–H groups in total. The standard InChI is InChI=1S/C39H21Br2N/c40-24-15-18-34-28(19-24)29-20-25(41)21-33-38(29)42(34)35-12-6-5-11-30(35)39(33)31-16-13-22-7-1-3-9-26(22)36(31)37-27-10-4-2-8-23(27)14-17-32(37)39/h1-21H. The topological polar surface area (TPSA) is 4.93 Å². The quantitative estimate of drug-likeness (QED) is 0.152. The van der Waals surface area contributed by atoms with Crippen LogP contribution in [0.2, 0.25) is 0 Å². The van der Waals surface area contributed by atoms with Crippen molar-refractivity contribution in [3.8, 4) is 16.8 Å². The van der Waals surface area contributed by atoms with E-state index in [9.17, 15) is 0 Å². The summed E-state index contributed by atoms with van der Waals surface area (Å²) < 4.78 is 4.69. The Labute approximate surface area is 259 Å². The molecule has 0 fully saturated rings. The Kier molecular flexibility index (Phi) is 4.46. The van der Waals surface area contributed by atoms with Gasteiger partial charge in [-0.3, -0.25) is 0 Å². The molecule has 10 rings (SSSR count). The zero-order valence-electron chi connectivity index (χ0n) is 22.3. The van der Waals surface area contributed by atoms with E-state index in [2.05, 4.69) is 164 Å². The number of rotatable bonds is 0. The summed E-state index contributed by atoms with van der Waals surface area (Å²) in [6.07, 6.45) is 0. The maximum atomic E-state index is 3.97. The molecule has 1 aliphatic heterocycles. The SMILES string of the molecule is Brc1ccc2c(c1)c1cc(Br)cc3c1n2-c1ccccc1C31c2ccc3ccccc3c2-c2c1ccc1ccccc21. The van der Waals surface area contributed by atoms with Crippen LogP contribution in [0, 0.1) is 0 Å². The third-order valence-corrected chi connectivity index (χ3v) is 10.6. The van der Waals surface area contributed by atoms with Crippen LogP contribution < -0.4 is 0 Å². The highest BCUT2D eigenvalue weighted by molar-refractivity contribution is 9.10. The van der Waals surface area contributed by atoms with E-state index in [1.165, 1.54) is 82.4 Å². The first-order valence-corrected chi connectivity index (χ1v) is 15.8. The van der Waals surface area contributed by atoms with E-state index < -0.39 is 5.41 Å². The third kappa shape index (κ3) is 2.66. The lowest BCUT2D eigenvalue weighted by atomic mass is 9.65. The molecule has 0 amide bonds. The van der Waals surface area contributed by atoms with Crippen LogP contribution >= 0.6 is 31.9 Å². The van der Waals surface area contributed by atoms with Gasteiger partial charge in [-0.25, -0.2) is 0 Å². The van der Waals surface area contributed by atoms with E-state index in [1.54, 1.807) is 0 Å². The summed E-state index contributed by atoms with van der Waals surface area (Å²) in [6.45, 7) is 0. The second-order valence-electron chi connectivity index (χ2n) is 11.5. The fourth-order valence-corrected chi connectivity index (χ4v) is 9.00. The van der Waals surface area contributed by atoms with E-state index in [4.69, 9.17) is 0 Å². The van der Waals surface area contributed by atoms with Gasteiger partial charge in [0.25, 0.3) is 0 Å². The summed E-state index contributed by atoms with van der Waals surface area (Å²) in [5, 5.41) is 7.68. The average Bonchev–Trinajstić information content (AvgIpc) is 3.51. The van der Waals surface area contributed by atoms with Gasteiger partial charge in [0, 0.05) is 19.7 Å². The second-order valence-corrected chi connectivity index (χ2v) is 13.4. The van der Waals surface area contributed by atoms with Gasteiger partial charge in [-0.2, -0.15) is 0 Å². The summed E-state index contributed by atoms with van der Waals surface area (Å²) in [5.41, 5.74) is 11.4. The number of aromatic nitrogens is 1. The van der Waals surface area contributed by atoms with E-state index in [0.717, 1.165) is 8.95 Å². The number of benzene rings is 7. The molecule has 1 spiro atoms. The zero-order chi connectivity index (χ0) is 27.7. The lowest BCUT2D eigenvalue weighted by molar-refractivity contribution is 0.749. The number of halogens is 2. The van der Waals surface area contributed by atoms with Crippen molar-refractivity contribution in [2.75, 3.05) is 0 Å². The Hall–Kier alpha value is -4.18. The second kappa shape index (κ2) is 8.01. The van der Waals surface area contributed by atoms with Crippen LogP contribution in [-0.4, -0.2) is 4.57 Å². The minimum atomic E-state index is -0.473. The van der Waals surface area contributed by atoms with Crippen molar-refractivity contribution < 1.29 is 0 Å². The molecule has 0 radical (unpaired) electrons. The number of hydrogen-bond donors (Lipinski definition) is 0. The summed E-state index contributed by atoms with van der Waals surface area (Å²) in [5.74, 6) is 0. The van der Waals surface area contributed by atoms with Crippen LogP contribution in [0.1, 0.15) is 22.3 Å². The Morgan fingerprint density at radius 1 is 0.452 bits per heavy atom. The van der Waals surface area contributed by atoms with Crippen LogP contribution in [0.25, 0.3) is 60.2 Å². The Bertz CT molecular complexity index is 2420. The molecular weight excluding hydrogens is 642 g/mol. The van der Waals surface area contributed by atoms with Gasteiger partial charge in [-0.05, 0) is 91.3 Å². The summed E-state index contributed by atoms with van der Waals surface area (Å²) in [6, 6.07) is 47.6. The van der Waals surface area contributed by atoms with Crippen LogP contribution in [0.5, 0.6) is 0 Å². The minimum absolute atomic E-state index is 0.473. The van der Waals surface area contributed by atoms with E-state index >= 15 is 0 Å². The first-order valence-electron chi connectivity index (χ1n) is 14.2. The molecule has 0 unspecified atom stereocenters. The van der Waals surface area contributed by atoms with Gasteiger partial charge in [0.1, 0.15) is 0 Å². The van der Waals surface area contributed by atoms with Crippen molar-refractivity contribution in [1.82, 2.24) is 4.57 Å². The molecule has 1 aliphatic carbocycles. The largest absolute Gasteiger partial charge is 0.309 e. The molecule has 1 aromatic heterocycles. The number of hydrogen-bond acceptors (Lipinski definition) is 0. The number of fused-ring (bicyclic) bond motifs is 16. The van der Waals surface area contributed by atoms with E-state index in [0.29, 0.717) is 0 Å². The first kappa shape index (κ1) is 23.4. The molecule has 42 heavy (non-hydrogen) atoms. The lowest BCUT2D eigenvalue weighted by Gasteiger charge is -2.39. The van der Waals surface area contributed by atoms with Gasteiger partial charge in [-0.1, -0.05) is 123 Å². The van der Waals surface area contributed by atoms with E-state index in [-0.39, 0.29) is 0 Å². The minimum Gasteiger partial charge on any atom is -0.309 e. The maximum Gasteiger partial charge on any atom is 0.0755 e. The molecule has 196 valence electrons. The summed E-state index contributed by atoms with van der Waals surface area (Å²) in [4.78, 5) is 0. The number of para-hydroxylation sites is 1. The molecule has 2 aliphatic rings. The maximum absolute atomic E-state index is 3.97. The Morgan fingerprint density at radius 2 is 1.07 bits per heavy atom. The van der Waals surface area contributed by atoms with Crippen LogP contribution in [0.4, 0.5) is 0 Å². The van der Waals surface area contributed by atoms with Crippen LogP contribution in [0.15, 0.2) is 136 Å². The summed E-state index contributed by atoms with van der Waals surface area (Å²) in [7, 11) is 0. The van der Waals surface area contributed by atoms with Gasteiger partial charge < -0.3 is 4.57 Å². The zero-order valence-corrected chi connectivity index (χ0v) is 25.5. The monoisotopic (exact) mass is 661 g/mol. The van der Waals surface area contributed by atoms with Gasteiger partial charge in [0.2, 0.25) is 0 Å². The van der Waals surface area contributed by atoms with Crippen LogP contribution in [-0.2, 0) is 5.41 Å². The highest BCUT2D eigenvalue weighted by atomic mass is 79.9. The fraction of sp³-hybridized carbons (Fsp3) is 0.0256. The van der Waals surface area contributed by atoms with Gasteiger partial charge in [0.05, 0.1) is 22.1 Å². The van der Waals surface area contributed by atoms with E-state index in [1.807, 2.05) is 0 Å². The molecule has 0 bridgehead atoms. The van der Waals surface area contributed by atoms with Crippen LogP contribution in [0.3, 0.4) is 0 Å². The Morgan fingerprint density at radius 3 is 1.79 bits per heavy atom. The smallest absolute Gasteiger partial charge is 0.0755 e. The molecule has 8 aromatic rings. The predicted octanol–water partition coefficient (Wildman–Crippen LogP) is 11.3. The van der Waals surface area contributed by atoms with Crippen molar-refractivity contribution >= 4 is 75.2 Å². The van der Waals surface area contributed by atoms with Crippen molar-refractivity contribution in [3.05, 3.63) is 159 Å². The molecular formula is C39H21Br2N. The normalized spacial score (nSPS) is 14.1. The highest BCUT2D eigenvalue weighted by Crippen LogP contribution is 2.63. The van der Waals surface area contributed by atoms with Crippen molar-refractivity contribution in [2.24, 2.45) is 0 Å². The first-order chi connectivity index (χ1) is 20.7. The molecule has 1 nitrogen and oxygen atoms in total. The third-order valence-electron chi connectivity index (χ3n) is 9.66. The molecule has 2 heterocycles. The fourth-order valence-electron chi connectivity index (χ4n) is 8.18. The Balaban J connectivity index is 1.52. The van der Waals surface area contributed by atoms with Gasteiger partial charge in [0.15, 0.2) is 0 Å². The molecule has 3 heteroatoms. The van der Waals surface area contributed by atoms with Gasteiger partial charge >= 0.3 is 0 Å². The van der Waals surface area contributed by atoms with Crippen molar-refractivity contribution in [2.45, 2.75) is 5.41 Å². The molecule has 7 aromatic carbocycles. The molecule has 0 saturated carbocycles. The number of nitrogens with zero attached hydrogens (tertiary/aromatic N) is 1. The van der Waals surface area contributed by atoms with Crippen molar-refractivity contribution in [3.63, 3.8) is 0 Å². The molecule has 0 atom stereocenters. The lowest BCUT2D eigenvalue weighted by Crippen LogP contribution is -2.33. The highest BCUT2D eigenvalue weighted by Gasteiger charge is 2.51. The van der Waals surface area contributed by atoms with Gasteiger partial charge in [-0.15, -0.1) is 0 Å². The van der Waals surface area contributed by atoms with Crippen molar-refractivity contribution in [1.29, 1.82) is 0 Å². The summed E-state index contributed by atoms with van der Waals surface area (Å²) >= 11 is 7.73.